The number of Topliss-reactive ketones (excluding diaryl/α,β-unsaturated/α-hetero) is 1. The molecule has 0 spiro atoms. The summed E-state index contributed by atoms with van der Waals surface area (Å²) in [5.74, 6) is 0.600. The van der Waals surface area contributed by atoms with Gasteiger partial charge in [0.2, 0.25) is 0 Å². The Bertz CT molecular complexity index is 1110. The van der Waals surface area contributed by atoms with Gasteiger partial charge >= 0.3 is 5.97 Å². The van der Waals surface area contributed by atoms with E-state index < -0.39 is 6.10 Å². The molecule has 0 saturated heterocycles. The number of aromatic hydroxyl groups is 1. The lowest BCUT2D eigenvalue weighted by Crippen LogP contribution is -2.22. The van der Waals surface area contributed by atoms with Crippen molar-refractivity contribution in [2.24, 2.45) is 10.9 Å². The number of hydrogen-bond acceptors (Lipinski definition) is 6. The normalized spacial score (nSPS) is 14.5. The Balaban J connectivity index is 1.54. The van der Waals surface area contributed by atoms with Gasteiger partial charge in [-0.05, 0) is 72.4 Å². The van der Waals surface area contributed by atoms with Crippen LogP contribution in [0.25, 0.3) is 0 Å². The lowest BCUT2D eigenvalue weighted by atomic mass is 9.88. The van der Waals surface area contributed by atoms with Gasteiger partial charge in [0.1, 0.15) is 11.9 Å². The highest BCUT2D eigenvalue weighted by atomic mass is 16.5. The molecule has 0 amide bonds. The van der Waals surface area contributed by atoms with Gasteiger partial charge in [-0.15, -0.1) is 0 Å². The third kappa shape index (κ3) is 9.19. The minimum absolute atomic E-state index is 0.0575. The number of ketones is 1. The first-order valence-corrected chi connectivity index (χ1v) is 13.2. The fourth-order valence-corrected chi connectivity index (χ4v) is 4.81. The van der Waals surface area contributed by atoms with Crippen molar-refractivity contribution in [3.8, 4) is 11.5 Å². The van der Waals surface area contributed by atoms with Crippen LogP contribution in [-0.4, -0.2) is 42.8 Å². The Hall–Kier alpha value is -3.41. The molecule has 37 heavy (non-hydrogen) atoms. The van der Waals surface area contributed by atoms with Crippen molar-refractivity contribution in [1.29, 1.82) is 0 Å². The summed E-state index contributed by atoms with van der Waals surface area (Å²) in [7, 11) is 1.50. The topological polar surface area (TPSA) is 85.2 Å². The third-order valence-corrected chi connectivity index (χ3v) is 6.95. The Morgan fingerprint density at radius 3 is 2.57 bits per heavy atom. The highest BCUT2D eigenvalue weighted by Gasteiger charge is 2.21. The molecule has 0 aliphatic carbocycles. The maximum atomic E-state index is 12.7. The van der Waals surface area contributed by atoms with E-state index in [1.54, 1.807) is 18.2 Å². The molecule has 1 aliphatic rings. The van der Waals surface area contributed by atoms with Gasteiger partial charge in [-0.2, -0.15) is 0 Å². The summed E-state index contributed by atoms with van der Waals surface area (Å²) in [6.07, 6.45) is 7.13. The number of aliphatic imine (C=N–C) groups is 1. The Morgan fingerprint density at radius 1 is 1.08 bits per heavy atom. The van der Waals surface area contributed by atoms with Crippen molar-refractivity contribution in [3.63, 3.8) is 0 Å². The molecule has 1 heterocycles. The third-order valence-electron chi connectivity index (χ3n) is 6.95. The van der Waals surface area contributed by atoms with Crippen molar-refractivity contribution >= 4 is 18.0 Å². The first-order valence-electron chi connectivity index (χ1n) is 13.2. The molecule has 0 fully saturated rings. The monoisotopic (exact) mass is 505 g/mol. The smallest absolute Gasteiger partial charge is 0.302 e. The van der Waals surface area contributed by atoms with Crippen LogP contribution in [0, 0.1) is 5.92 Å². The van der Waals surface area contributed by atoms with E-state index in [1.807, 2.05) is 12.3 Å². The molecule has 0 aromatic heterocycles. The maximum absolute atomic E-state index is 12.7. The Morgan fingerprint density at radius 2 is 1.86 bits per heavy atom. The summed E-state index contributed by atoms with van der Waals surface area (Å²) in [4.78, 5) is 29.0. The van der Waals surface area contributed by atoms with Gasteiger partial charge in [0, 0.05) is 26.0 Å². The largest absolute Gasteiger partial charge is 0.504 e. The Labute approximate surface area is 220 Å². The highest BCUT2D eigenvalue weighted by molar-refractivity contribution is 5.82. The summed E-state index contributed by atoms with van der Waals surface area (Å²) >= 11 is 0. The van der Waals surface area contributed by atoms with Crippen LogP contribution in [0.3, 0.4) is 0 Å². The number of hydrogen-bond donors (Lipinski definition) is 1. The summed E-state index contributed by atoms with van der Waals surface area (Å²) in [6, 6.07) is 15.6. The molecular formula is C31H39NO5. The molecule has 0 bridgehead atoms. The van der Waals surface area contributed by atoms with Crippen molar-refractivity contribution in [3.05, 3.63) is 70.8 Å². The molecule has 3 rings (SSSR count). The zero-order valence-corrected chi connectivity index (χ0v) is 22.2. The number of allylic oxidation sites excluding steroid dienone is 1. The fourth-order valence-electron chi connectivity index (χ4n) is 4.81. The standard InChI is InChI=1S/C31H39NO5/c1-4-23(16-26-20-32-21-27(26)17-24-8-6-5-7-9-24)11-14-29(37-22(2)33)19-28(34)13-10-25-12-15-30(35)31(18-25)36-3/h5-9,12,15,18,20,23,29,35H,4,10-11,13-14,16-17,19,21H2,1-3H3/t23-,29-/m1/s1. The summed E-state index contributed by atoms with van der Waals surface area (Å²) < 4.78 is 10.7. The van der Waals surface area contributed by atoms with Crippen molar-refractivity contribution in [2.45, 2.75) is 71.3 Å². The molecule has 1 N–H and O–H groups in total. The van der Waals surface area contributed by atoms with Gasteiger partial charge < -0.3 is 14.6 Å². The van der Waals surface area contributed by atoms with Crippen molar-refractivity contribution in [1.82, 2.24) is 0 Å². The molecule has 0 unspecified atom stereocenters. The molecular weight excluding hydrogens is 466 g/mol. The van der Waals surface area contributed by atoms with E-state index in [0.29, 0.717) is 30.9 Å². The Kier molecular flexibility index (Phi) is 10.9. The van der Waals surface area contributed by atoms with Gasteiger partial charge in [0.15, 0.2) is 11.5 Å². The number of phenols is 1. The van der Waals surface area contributed by atoms with Crippen LogP contribution in [0.1, 0.15) is 63.5 Å². The second-order valence-electron chi connectivity index (χ2n) is 9.80. The van der Waals surface area contributed by atoms with Crippen LogP contribution in [0.5, 0.6) is 11.5 Å². The molecule has 2 atom stereocenters. The van der Waals surface area contributed by atoms with Crippen LogP contribution in [0.15, 0.2) is 64.7 Å². The number of esters is 1. The quantitative estimate of drug-likeness (QED) is 0.298. The average molecular weight is 506 g/mol. The van der Waals surface area contributed by atoms with E-state index >= 15 is 0 Å². The second-order valence-corrected chi connectivity index (χ2v) is 9.80. The second kappa shape index (κ2) is 14.4. The molecule has 1 aliphatic heterocycles. The first kappa shape index (κ1) is 28.2. The molecule has 6 heteroatoms. The lowest BCUT2D eigenvalue weighted by Gasteiger charge is -2.21. The summed E-state index contributed by atoms with van der Waals surface area (Å²) in [5, 5.41) is 9.76. The van der Waals surface area contributed by atoms with E-state index in [9.17, 15) is 14.7 Å². The van der Waals surface area contributed by atoms with Gasteiger partial charge in [-0.3, -0.25) is 14.6 Å². The number of methoxy groups -OCH3 is 1. The minimum atomic E-state index is -0.414. The number of carbonyl (C=O) groups is 2. The molecule has 6 nitrogen and oxygen atoms in total. The van der Waals surface area contributed by atoms with Crippen LogP contribution in [0.2, 0.25) is 0 Å². The van der Waals surface area contributed by atoms with Crippen molar-refractivity contribution in [2.75, 3.05) is 13.7 Å². The van der Waals surface area contributed by atoms with Crippen LogP contribution < -0.4 is 4.74 Å². The fraction of sp³-hybridized carbons (Fsp3) is 0.452. The number of phenolic OH excluding ortho intramolecular Hbond substituents is 1. The number of carbonyl (C=O) groups excluding carboxylic acids is 2. The van der Waals surface area contributed by atoms with E-state index in [0.717, 1.165) is 37.8 Å². The lowest BCUT2D eigenvalue weighted by molar-refractivity contribution is -0.148. The zero-order chi connectivity index (χ0) is 26.6. The van der Waals surface area contributed by atoms with Crippen LogP contribution >= 0.6 is 0 Å². The van der Waals surface area contributed by atoms with E-state index in [2.05, 4.69) is 36.2 Å². The highest BCUT2D eigenvalue weighted by Crippen LogP contribution is 2.29. The number of ether oxygens (including phenoxy) is 2. The number of rotatable bonds is 15. The predicted octanol–water partition coefficient (Wildman–Crippen LogP) is 6.04. The molecule has 198 valence electrons. The minimum Gasteiger partial charge on any atom is -0.504 e. The van der Waals surface area contributed by atoms with Crippen LogP contribution in [-0.2, 0) is 27.2 Å². The van der Waals surface area contributed by atoms with Gasteiger partial charge in [0.25, 0.3) is 0 Å². The summed E-state index contributed by atoms with van der Waals surface area (Å²) in [6.45, 7) is 4.34. The predicted molar refractivity (Wildman–Crippen MR) is 146 cm³/mol. The van der Waals surface area contributed by atoms with Gasteiger partial charge in [0.05, 0.1) is 13.7 Å². The zero-order valence-electron chi connectivity index (χ0n) is 22.2. The number of aryl methyl sites for hydroxylation is 1. The first-order chi connectivity index (χ1) is 17.9. The molecule has 2 aromatic carbocycles. The van der Waals surface area contributed by atoms with E-state index in [-0.39, 0.29) is 23.9 Å². The van der Waals surface area contributed by atoms with E-state index in [4.69, 9.17) is 9.47 Å². The molecule has 0 saturated carbocycles. The van der Waals surface area contributed by atoms with Gasteiger partial charge in [-0.25, -0.2) is 0 Å². The van der Waals surface area contributed by atoms with Gasteiger partial charge in [-0.1, -0.05) is 49.7 Å². The van der Waals surface area contributed by atoms with Crippen molar-refractivity contribution < 1.29 is 24.2 Å². The van der Waals surface area contributed by atoms with Crippen LogP contribution in [0.4, 0.5) is 0 Å². The number of benzene rings is 2. The molecule has 2 aromatic rings. The molecule has 0 radical (unpaired) electrons. The summed E-state index contributed by atoms with van der Waals surface area (Å²) in [5.41, 5.74) is 4.91. The average Bonchev–Trinajstić information content (AvgIpc) is 3.32. The van der Waals surface area contributed by atoms with E-state index in [1.165, 1.54) is 30.7 Å². The number of nitrogens with zero attached hydrogens (tertiary/aromatic N) is 1. The SMILES string of the molecule is CC[C@H](CC[C@H](CC(=O)CCc1ccc(O)c(OC)c1)OC(C)=O)CC1=C(Cc2ccccc2)CN=C1. The maximum Gasteiger partial charge on any atom is 0.302 e.